The van der Waals surface area contributed by atoms with Crippen LogP contribution >= 0.6 is 11.6 Å². The maximum atomic E-state index is 13.9. The number of rotatable bonds is 9. The Morgan fingerprint density at radius 1 is 1.19 bits per heavy atom. The van der Waals surface area contributed by atoms with Gasteiger partial charge in [-0.3, -0.25) is 0 Å². The molecule has 1 unspecified atom stereocenters. The van der Waals surface area contributed by atoms with Gasteiger partial charge in [0.15, 0.2) is 5.88 Å². The van der Waals surface area contributed by atoms with Crippen LogP contribution in [0.15, 0.2) is 54.9 Å². The van der Waals surface area contributed by atoms with Gasteiger partial charge in [0.2, 0.25) is 0 Å². The van der Waals surface area contributed by atoms with Crippen LogP contribution in [0.5, 0.6) is 0 Å². The molecule has 1 atom stereocenters. The molecule has 0 aliphatic rings. The third-order valence-corrected chi connectivity index (χ3v) is 3.97. The molecule has 2 rings (SSSR count). The van der Waals surface area contributed by atoms with Crippen molar-refractivity contribution in [3.63, 3.8) is 0 Å². The first-order chi connectivity index (χ1) is 12.9. The van der Waals surface area contributed by atoms with E-state index in [4.69, 9.17) is 25.8 Å². The fraction of sp³-hybridized carbons (Fsp3) is 0.250. The summed E-state index contributed by atoms with van der Waals surface area (Å²) >= 11 is 6.00. The molecule has 0 saturated heterocycles. The molecule has 27 heavy (non-hydrogen) atoms. The zero-order chi connectivity index (χ0) is 19.8. The molecule has 2 aromatic carbocycles. The van der Waals surface area contributed by atoms with E-state index < -0.39 is 17.9 Å². The van der Waals surface area contributed by atoms with Gasteiger partial charge in [0.1, 0.15) is 11.9 Å². The first kappa shape index (κ1) is 20.7. The zero-order valence-electron chi connectivity index (χ0n) is 15.1. The van der Waals surface area contributed by atoms with Gasteiger partial charge in [0, 0.05) is 11.6 Å². The number of carbonyl (C=O) groups excluding carboxylic acids is 1. The third-order valence-electron chi connectivity index (χ3n) is 3.75. The Hall–Kier alpha value is -2.57. The number of esters is 1. The molecule has 2 aromatic rings. The normalized spacial score (nSPS) is 11.6. The van der Waals surface area contributed by atoms with Gasteiger partial charge in [-0.2, -0.15) is 0 Å². The lowest BCUT2D eigenvalue weighted by Gasteiger charge is -2.20. The highest BCUT2D eigenvalue weighted by molar-refractivity contribution is 6.30. The van der Waals surface area contributed by atoms with E-state index in [2.05, 4.69) is 11.9 Å². The number of hydrogen-bond acceptors (Lipinski definition) is 5. The van der Waals surface area contributed by atoms with Crippen LogP contribution in [-0.4, -0.2) is 33.3 Å². The molecular formula is C20H21ClFNO4. The Morgan fingerprint density at radius 2 is 1.96 bits per heavy atom. The Kier molecular flexibility index (Phi) is 7.64. The lowest BCUT2D eigenvalue weighted by Crippen LogP contribution is -2.21. The molecule has 0 radical (unpaired) electrons. The summed E-state index contributed by atoms with van der Waals surface area (Å²) in [4.78, 5) is 11.8. The van der Waals surface area contributed by atoms with E-state index in [0.717, 1.165) is 0 Å². The lowest BCUT2D eigenvalue weighted by atomic mass is 9.99. The molecule has 0 fully saturated rings. The highest BCUT2D eigenvalue weighted by Gasteiger charge is 2.18. The van der Waals surface area contributed by atoms with E-state index in [9.17, 15) is 9.18 Å². The molecule has 0 aromatic heterocycles. The van der Waals surface area contributed by atoms with Crippen molar-refractivity contribution in [1.82, 2.24) is 5.32 Å². The van der Waals surface area contributed by atoms with Crippen LogP contribution in [0.1, 0.15) is 27.6 Å². The summed E-state index contributed by atoms with van der Waals surface area (Å²) in [5.41, 5.74) is 1.58. The van der Waals surface area contributed by atoms with E-state index in [0.29, 0.717) is 29.1 Å². The van der Waals surface area contributed by atoms with Crippen molar-refractivity contribution in [3.8, 4) is 0 Å². The molecule has 5 nitrogen and oxygen atoms in total. The topological polar surface area (TPSA) is 56.8 Å². The molecule has 7 heteroatoms. The summed E-state index contributed by atoms with van der Waals surface area (Å²) in [6.07, 6.45) is -0.625. The van der Waals surface area contributed by atoms with Crippen LogP contribution in [0.25, 0.3) is 0 Å². The minimum absolute atomic E-state index is 0.258. The lowest BCUT2D eigenvalue weighted by molar-refractivity contribution is 0.0599. The zero-order valence-corrected chi connectivity index (χ0v) is 15.9. The first-order valence-electron chi connectivity index (χ1n) is 8.17. The smallest absolute Gasteiger partial charge is 0.337 e. The number of nitrogens with one attached hydrogen (secondary N) is 1. The van der Waals surface area contributed by atoms with E-state index in [1.807, 2.05) is 0 Å². The van der Waals surface area contributed by atoms with E-state index in [1.54, 1.807) is 30.3 Å². The highest BCUT2D eigenvalue weighted by Crippen LogP contribution is 2.29. The molecule has 0 spiro atoms. The Bertz CT molecular complexity index is 792. The van der Waals surface area contributed by atoms with Gasteiger partial charge in [0.25, 0.3) is 0 Å². The average Bonchev–Trinajstić information content (AvgIpc) is 2.66. The number of benzene rings is 2. The Labute approximate surface area is 162 Å². The fourth-order valence-electron chi connectivity index (χ4n) is 2.50. The van der Waals surface area contributed by atoms with Crippen LogP contribution < -0.4 is 5.32 Å². The molecule has 1 N–H and O–H groups in total. The van der Waals surface area contributed by atoms with Crippen LogP contribution in [0, 0.1) is 5.82 Å². The largest absolute Gasteiger partial charge is 0.483 e. The minimum Gasteiger partial charge on any atom is -0.483 e. The van der Waals surface area contributed by atoms with E-state index in [1.165, 1.54) is 26.4 Å². The second-order valence-electron chi connectivity index (χ2n) is 5.62. The van der Waals surface area contributed by atoms with Gasteiger partial charge in [0.05, 0.1) is 26.4 Å². The van der Waals surface area contributed by atoms with Crippen molar-refractivity contribution in [2.24, 2.45) is 0 Å². The summed E-state index contributed by atoms with van der Waals surface area (Å²) in [7, 11) is 2.82. The molecule has 0 amide bonds. The Morgan fingerprint density at radius 3 is 2.63 bits per heavy atom. The van der Waals surface area contributed by atoms with Crippen LogP contribution in [0.4, 0.5) is 4.39 Å². The summed E-state index contributed by atoms with van der Waals surface area (Å²) < 4.78 is 29.5. The number of halogens is 2. The van der Waals surface area contributed by atoms with Gasteiger partial charge >= 0.3 is 5.97 Å². The van der Waals surface area contributed by atoms with Gasteiger partial charge in [-0.1, -0.05) is 23.7 Å². The number of hydrogen-bond donors (Lipinski definition) is 1. The second kappa shape index (κ2) is 9.94. The standard InChI is InChI=1S/C20H21ClFNO4/c1-13(25-2)23-7-8-27-19(16-10-17(21)12-18(22)11-16)14-5-4-6-15(9-14)20(24)26-3/h4-6,9-12,19,23H,1,7-8H2,2-3H3. The van der Waals surface area contributed by atoms with Crippen LogP contribution in [0.3, 0.4) is 0 Å². The van der Waals surface area contributed by atoms with Crippen molar-refractivity contribution in [2.75, 3.05) is 27.4 Å². The van der Waals surface area contributed by atoms with Gasteiger partial charge in [-0.05, 0) is 48.0 Å². The van der Waals surface area contributed by atoms with Gasteiger partial charge in [-0.15, -0.1) is 0 Å². The van der Waals surface area contributed by atoms with Crippen molar-refractivity contribution in [2.45, 2.75) is 6.10 Å². The average molecular weight is 394 g/mol. The molecule has 0 aliphatic carbocycles. The molecule has 0 heterocycles. The SMILES string of the molecule is C=C(NCCOC(c1cc(F)cc(Cl)c1)c1cccc(C(=O)OC)c1)OC. The molecule has 144 valence electrons. The highest BCUT2D eigenvalue weighted by atomic mass is 35.5. The number of ether oxygens (including phenoxy) is 3. The van der Waals surface area contributed by atoms with E-state index in [-0.39, 0.29) is 11.6 Å². The van der Waals surface area contributed by atoms with E-state index >= 15 is 0 Å². The van der Waals surface area contributed by atoms with Crippen molar-refractivity contribution < 1.29 is 23.4 Å². The summed E-state index contributed by atoms with van der Waals surface area (Å²) in [6, 6.07) is 11.0. The summed E-state index contributed by atoms with van der Waals surface area (Å²) in [6.45, 7) is 4.38. The van der Waals surface area contributed by atoms with Crippen molar-refractivity contribution in [3.05, 3.63) is 82.5 Å². The van der Waals surface area contributed by atoms with Crippen LogP contribution in [-0.2, 0) is 14.2 Å². The van der Waals surface area contributed by atoms with Crippen molar-refractivity contribution >= 4 is 17.6 Å². The van der Waals surface area contributed by atoms with Crippen molar-refractivity contribution in [1.29, 1.82) is 0 Å². The molecular weight excluding hydrogens is 373 g/mol. The maximum absolute atomic E-state index is 13.9. The summed E-state index contributed by atoms with van der Waals surface area (Å²) in [5, 5.41) is 3.19. The predicted octanol–water partition coefficient (Wildman–Crippen LogP) is 4.08. The minimum atomic E-state index is -0.625. The monoisotopic (exact) mass is 393 g/mol. The Balaban J connectivity index is 2.29. The van der Waals surface area contributed by atoms with Gasteiger partial charge < -0.3 is 19.5 Å². The molecule has 0 aliphatic heterocycles. The first-order valence-corrected chi connectivity index (χ1v) is 8.55. The van der Waals surface area contributed by atoms with Crippen LogP contribution in [0.2, 0.25) is 5.02 Å². The number of methoxy groups -OCH3 is 2. The quantitative estimate of drug-likeness (QED) is 0.395. The maximum Gasteiger partial charge on any atom is 0.337 e. The third kappa shape index (κ3) is 5.98. The molecule has 0 bridgehead atoms. The predicted molar refractivity (Wildman–Crippen MR) is 101 cm³/mol. The van der Waals surface area contributed by atoms with Gasteiger partial charge in [-0.25, -0.2) is 9.18 Å². The number of carbonyl (C=O) groups is 1. The molecule has 0 saturated carbocycles. The second-order valence-corrected chi connectivity index (χ2v) is 6.06. The fourth-order valence-corrected chi connectivity index (χ4v) is 2.73. The summed E-state index contributed by atoms with van der Waals surface area (Å²) in [5.74, 6) is -0.524.